The highest BCUT2D eigenvalue weighted by Gasteiger charge is 2.43. The van der Waals surface area contributed by atoms with Gasteiger partial charge in [-0.1, -0.05) is 86.4 Å². The second-order valence-corrected chi connectivity index (χ2v) is 12.9. The molecule has 1 aliphatic heterocycles. The lowest BCUT2D eigenvalue weighted by Crippen LogP contribution is -2.44. The largest absolute Gasteiger partial charge is 0.493 e. The molecule has 0 spiro atoms. The third-order valence-electron chi connectivity index (χ3n) is 7.86. The molecule has 0 fully saturated rings. The molecule has 1 aliphatic rings. The number of hydrogen-bond donors (Lipinski definition) is 3. The summed E-state index contributed by atoms with van der Waals surface area (Å²) >= 11 is 12.5. The van der Waals surface area contributed by atoms with Crippen molar-refractivity contribution in [1.82, 2.24) is 15.7 Å². The number of ether oxygens (including phenoxy) is 1. The Morgan fingerprint density at radius 2 is 1.50 bits per heavy atom. The molecule has 3 N–H and O–H groups in total. The van der Waals surface area contributed by atoms with E-state index in [0.717, 1.165) is 22.3 Å². The first-order valence-corrected chi connectivity index (χ1v) is 15.7. The molecular formula is C36H36Cl2N4O4. The number of benzene rings is 4. The summed E-state index contributed by atoms with van der Waals surface area (Å²) in [4.78, 5) is 33.0. The van der Waals surface area contributed by atoms with E-state index in [-0.39, 0.29) is 18.0 Å². The summed E-state index contributed by atoms with van der Waals surface area (Å²) in [5, 5.41) is 13.2. The average Bonchev–Trinajstić information content (AvgIpc) is 3.44. The summed E-state index contributed by atoms with van der Waals surface area (Å²) in [7, 11) is 0. The molecule has 0 radical (unpaired) electrons. The van der Waals surface area contributed by atoms with Crippen LogP contribution in [-0.2, 0) is 12.0 Å². The van der Waals surface area contributed by atoms with E-state index >= 15 is 0 Å². The highest BCUT2D eigenvalue weighted by Crippen LogP contribution is 2.45. The summed E-state index contributed by atoms with van der Waals surface area (Å²) in [5.41, 5.74) is 6.09. The average molecular weight is 660 g/mol. The lowest BCUT2D eigenvalue weighted by atomic mass is 9.86. The Labute approximate surface area is 279 Å². The highest BCUT2D eigenvalue weighted by molar-refractivity contribution is 6.30. The first kappa shape index (κ1) is 33.0. The van der Waals surface area contributed by atoms with Crippen LogP contribution in [0.2, 0.25) is 10.0 Å². The minimum Gasteiger partial charge on any atom is -0.493 e. The highest BCUT2D eigenvalue weighted by atomic mass is 35.5. The van der Waals surface area contributed by atoms with Gasteiger partial charge < -0.3 is 10.1 Å². The van der Waals surface area contributed by atoms with Gasteiger partial charge in [-0.3, -0.25) is 19.9 Å². The van der Waals surface area contributed by atoms with Gasteiger partial charge in [-0.15, -0.1) is 0 Å². The maximum absolute atomic E-state index is 14.3. The first-order valence-electron chi connectivity index (χ1n) is 15.0. The summed E-state index contributed by atoms with van der Waals surface area (Å²) in [6.45, 7) is 8.97. The molecule has 0 aliphatic carbocycles. The van der Waals surface area contributed by atoms with E-state index in [1.807, 2.05) is 61.5 Å². The minimum atomic E-state index is -0.616. The van der Waals surface area contributed by atoms with Gasteiger partial charge >= 0.3 is 6.03 Å². The molecule has 4 aromatic carbocycles. The number of hydrogen-bond acceptors (Lipinski definition) is 5. The van der Waals surface area contributed by atoms with Gasteiger partial charge in [-0.2, -0.15) is 0 Å². The van der Waals surface area contributed by atoms with Crippen LogP contribution in [0.4, 0.5) is 4.79 Å². The summed E-state index contributed by atoms with van der Waals surface area (Å²) in [5.74, 6) is 0.488. The topological polar surface area (TPSA) is 103 Å². The number of urea groups is 1. The lowest BCUT2D eigenvalue weighted by Gasteiger charge is -2.30. The number of rotatable bonds is 8. The van der Waals surface area contributed by atoms with Gasteiger partial charge in [0.1, 0.15) is 17.6 Å². The number of halogens is 2. The van der Waals surface area contributed by atoms with Crippen LogP contribution in [-0.4, -0.2) is 34.5 Å². The monoisotopic (exact) mass is 658 g/mol. The Kier molecular flexibility index (Phi) is 10.0. The van der Waals surface area contributed by atoms with Gasteiger partial charge in [-0.25, -0.2) is 10.3 Å². The first-order chi connectivity index (χ1) is 22.0. The van der Waals surface area contributed by atoms with Crippen molar-refractivity contribution < 1.29 is 19.5 Å². The second kappa shape index (κ2) is 14.0. The normalized spacial score (nSPS) is 16.2. The van der Waals surface area contributed by atoms with Crippen LogP contribution in [0.3, 0.4) is 0 Å². The zero-order valence-electron chi connectivity index (χ0n) is 26.1. The van der Waals surface area contributed by atoms with Gasteiger partial charge in [0.15, 0.2) is 0 Å². The number of nitrogens with zero attached hydrogens (tertiary/aromatic N) is 2. The van der Waals surface area contributed by atoms with E-state index in [1.54, 1.807) is 46.8 Å². The Bertz CT molecular complexity index is 1730. The fourth-order valence-electron chi connectivity index (χ4n) is 5.42. The van der Waals surface area contributed by atoms with E-state index in [9.17, 15) is 9.59 Å². The smallest absolute Gasteiger partial charge is 0.324 e. The minimum absolute atomic E-state index is 0.121. The maximum Gasteiger partial charge on any atom is 0.324 e. The van der Waals surface area contributed by atoms with Gasteiger partial charge in [0.05, 0.1) is 18.2 Å². The molecule has 4 aromatic rings. The number of aliphatic imine (C=N–C) groups is 1. The summed E-state index contributed by atoms with van der Waals surface area (Å²) in [6, 6.07) is 26.2. The van der Waals surface area contributed by atoms with Gasteiger partial charge in [0.25, 0.3) is 5.91 Å². The third kappa shape index (κ3) is 7.20. The summed E-state index contributed by atoms with van der Waals surface area (Å²) in [6.07, 6.45) is 0. The van der Waals surface area contributed by atoms with Crippen LogP contribution in [0.15, 0.2) is 96.0 Å². The van der Waals surface area contributed by atoms with Crippen LogP contribution in [0, 0.1) is 0 Å². The second-order valence-electron chi connectivity index (χ2n) is 12.0. The van der Waals surface area contributed by atoms with E-state index in [1.165, 1.54) is 0 Å². The van der Waals surface area contributed by atoms with Crippen molar-refractivity contribution in [1.29, 1.82) is 0 Å². The molecule has 46 heavy (non-hydrogen) atoms. The number of carbonyl (C=O) groups excluding carboxylic acids is 2. The van der Waals surface area contributed by atoms with Crippen LogP contribution in [0.5, 0.6) is 5.75 Å². The number of nitrogens with one attached hydrogen (secondary N) is 2. The van der Waals surface area contributed by atoms with Crippen molar-refractivity contribution in [2.45, 2.75) is 51.7 Å². The van der Waals surface area contributed by atoms with Crippen molar-refractivity contribution in [3.63, 3.8) is 0 Å². The Balaban J connectivity index is 1.61. The van der Waals surface area contributed by atoms with Crippen LogP contribution in [0.25, 0.3) is 0 Å². The Hall–Kier alpha value is -4.37. The Morgan fingerprint density at radius 3 is 2.07 bits per heavy atom. The van der Waals surface area contributed by atoms with Crippen LogP contribution >= 0.6 is 23.2 Å². The number of hydroxylamine groups is 1. The molecule has 1 heterocycles. The fourth-order valence-corrected chi connectivity index (χ4v) is 5.67. The van der Waals surface area contributed by atoms with Gasteiger partial charge in [0.2, 0.25) is 0 Å². The SMILES string of the molecule is CCOc1cc(C(C)(C)C)ccc1C1=NC(c2ccc(Cl)cc2)C(c2ccc(Cl)cc2)N1C(=O)NCc1ccc(C(=O)NO)cc1. The van der Waals surface area contributed by atoms with E-state index < -0.39 is 18.0 Å². The molecule has 0 aromatic heterocycles. The molecule has 0 saturated heterocycles. The predicted molar refractivity (Wildman–Crippen MR) is 181 cm³/mol. The molecule has 0 saturated carbocycles. The molecule has 5 rings (SSSR count). The van der Waals surface area contributed by atoms with Crippen molar-refractivity contribution in [3.8, 4) is 5.75 Å². The molecule has 3 amide bonds. The maximum atomic E-state index is 14.3. The van der Waals surface area contributed by atoms with Crippen molar-refractivity contribution in [2.75, 3.05) is 6.61 Å². The molecule has 10 heteroatoms. The van der Waals surface area contributed by atoms with Gasteiger partial charge in [0, 0.05) is 22.2 Å². The van der Waals surface area contributed by atoms with Crippen molar-refractivity contribution in [3.05, 3.63) is 134 Å². The number of amidine groups is 1. The number of amides is 3. The van der Waals surface area contributed by atoms with Crippen LogP contribution in [0.1, 0.15) is 78.0 Å². The molecule has 2 unspecified atom stereocenters. The molecular weight excluding hydrogens is 623 g/mol. The van der Waals surface area contributed by atoms with E-state index in [4.69, 9.17) is 38.1 Å². The standard InChI is InChI=1S/C36H36Cl2N4O4/c1-5-46-30-20-26(36(2,3)4)14-19-29(30)33-40-31(23-10-15-27(37)16-11-23)32(24-12-17-28(38)18-13-24)42(33)35(44)39-21-22-6-8-25(9-7-22)34(43)41-45/h6-20,31-32,45H,5,21H2,1-4H3,(H,39,44)(H,41,43). The number of carbonyl (C=O) groups is 2. The zero-order chi connectivity index (χ0) is 33.0. The van der Waals surface area contributed by atoms with E-state index in [0.29, 0.717) is 39.4 Å². The van der Waals surface area contributed by atoms with Gasteiger partial charge in [-0.05, 0) is 83.1 Å². The lowest BCUT2D eigenvalue weighted by molar-refractivity contribution is 0.0706. The zero-order valence-corrected chi connectivity index (χ0v) is 27.6. The predicted octanol–water partition coefficient (Wildman–Crippen LogP) is 8.26. The molecule has 238 valence electrons. The Morgan fingerprint density at radius 1 is 0.891 bits per heavy atom. The van der Waals surface area contributed by atoms with Crippen molar-refractivity contribution >= 4 is 41.0 Å². The van der Waals surface area contributed by atoms with Crippen LogP contribution < -0.4 is 15.5 Å². The summed E-state index contributed by atoms with van der Waals surface area (Å²) < 4.78 is 6.17. The fraction of sp³-hybridized carbons (Fsp3) is 0.250. The van der Waals surface area contributed by atoms with E-state index in [2.05, 4.69) is 26.1 Å². The van der Waals surface area contributed by atoms with Crippen molar-refractivity contribution in [2.24, 2.45) is 4.99 Å². The third-order valence-corrected chi connectivity index (χ3v) is 8.36. The quantitative estimate of drug-likeness (QED) is 0.131. The molecule has 2 atom stereocenters. The molecule has 0 bridgehead atoms. The molecule has 8 nitrogen and oxygen atoms in total.